The molecule has 0 spiro atoms. The number of halogens is 5. The van der Waals surface area contributed by atoms with Gasteiger partial charge in [0.05, 0.1) is 11.5 Å². The van der Waals surface area contributed by atoms with E-state index in [9.17, 15) is 32.1 Å². The zero-order valence-corrected chi connectivity index (χ0v) is 10.2. The molecule has 0 aliphatic rings. The van der Waals surface area contributed by atoms with Gasteiger partial charge in [-0.25, -0.2) is 13.2 Å². The van der Waals surface area contributed by atoms with Crippen molar-refractivity contribution >= 4 is 5.69 Å². The second-order valence-corrected chi connectivity index (χ2v) is 3.95. The summed E-state index contributed by atoms with van der Waals surface area (Å²) in [6.45, 7) is 0.536. The number of hydrogen-bond acceptors (Lipinski definition) is 3. The predicted octanol–water partition coefficient (Wildman–Crippen LogP) is 3.62. The van der Waals surface area contributed by atoms with Crippen molar-refractivity contribution in [3.05, 3.63) is 39.4 Å². The fourth-order valence-electron chi connectivity index (χ4n) is 1.33. The molecule has 1 aromatic carbocycles. The first-order valence-corrected chi connectivity index (χ1v) is 5.33. The monoisotopic (exact) mass is 299 g/mol. The van der Waals surface area contributed by atoms with E-state index in [1.807, 2.05) is 0 Å². The lowest BCUT2D eigenvalue weighted by Crippen LogP contribution is -2.38. The van der Waals surface area contributed by atoms with E-state index in [1.54, 1.807) is 0 Å². The minimum Gasteiger partial charge on any atom is -0.313 e. The Bertz CT molecular complexity index is 495. The van der Waals surface area contributed by atoms with E-state index in [1.165, 1.54) is 13.0 Å². The minimum absolute atomic E-state index is 0.0136. The molecule has 0 aliphatic heterocycles. The van der Waals surface area contributed by atoms with E-state index >= 15 is 0 Å². The van der Waals surface area contributed by atoms with Gasteiger partial charge in [0.1, 0.15) is 0 Å². The molecule has 0 saturated heterocycles. The van der Waals surface area contributed by atoms with Crippen LogP contribution >= 0.6 is 0 Å². The summed E-state index contributed by atoms with van der Waals surface area (Å²) in [5, 5.41) is 10.5. The van der Waals surface area contributed by atoms with Gasteiger partial charge in [-0.2, -0.15) is 8.78 Å². The van der Waals surface area contributed by atoms with Crippen molar-refractivity contribution in [3.63, 3.8) is 0 Å². The number of nitro groups is 1. The Morgan fingerprint density at radius 2 is 1.95 bits per heavy atom. The summed E-state index contributed by atoms with van der Waals surface area (Å²) in [5.74, 6) is 0. The fourth-order valence-corrected chi connectivity index (χ4v) is 1.33. The highest BCUT2D eigenvalue weighted by atomic mass is 19.3. The van der Waals surface area contributed by atoms with Crippen molar-refractivity contribution in [3.8, 4) is 0 Å². The van der Waals surface area contributed by atoms with Crippen LogP contribution in [0.2, 0.25) is 0 Å². The van der Waals surface area contributed by atoms with Crippen molar-refractivity contribution in [2.24, 2.45) is 0 Å². The van der Waals surface area contributed by atoms with Crippen molar-refractivity contribution in [2.45, 2.75) is 32.2 Å². The van der Waals surface area contributed by atoms with Crippen LogP contribution in [0.15, 0.2) is 18.2 Å². The van der Waals surface area contributed by atoms with E-state index < -0.39 is 30.2 Å². The fraction of sp³-hybridized carbons (Fsp3) is 0.455. The summed E-state index contributed by atoms with van der Waals surface area (Å²) in [6.07, 6.45) is -12.3. The number of nitro benzene ring substituents is 1. The Kier molecular flexibility index (Phi) is 4.98. The number of ether oxygens (including phenoxy) is 1. The molecule has 0 bridgehead atoms. The topological polar surface area (TPSA) is 52.4 Å². The molecule has 9 heteroatoms. The Balaban J connectivity index is 2.84. The summed E-state index contributed by atoms with van der Waals surface area (Å²) in [4.78, 5) is 9.77. The maximum atomic E-state index is 12.9. The zero-order valence-electron chi connectivity index (χ0n) is 10.2. The molecule has 1 aromatic rings. The number of hydrogen-bond donors (Lipinski definition) is 0. The second kappa shape index (κ2) is 6.12. The maximum absolute atomic E-state index is 12.9. The molecular formula is C11H10F5NO3. The molecule has 0 heterocycles. The lowest BCUT2D eigenvalue weighted by Gasteiger charge is -2.20. The van der Waals surface area contributed by atoms with Gasteiger partial charge in [0.15, 0.2) is 0 Å². The van der Waals surface area contributed by atoms with Crippen LogP contribution in [-0.2, 0) is 11.3 Å². The molecule has 0 aliphatic carbocycles. The number of aryl methyl sites for hydroxylation is 1. The molecule has 1 rings (SSSR count). The van der Waals surface area contributed by atoms with Crippen LogP contribution in [0.5, 0.6) is 0 Å². The van der Waals surface area contributed by atoms with Gasteiger partial charge in [-0.1, -0.05) is 6.07 Å². The van der Waals surface area contributed by atoms with Crippen LogP contribution in [0, 0.1) is 17.0 Å². The first kappa shape index (κ1) is 16.3. The summed E-state index contributed by atoms with van der Waals surface area (Å²) in [7, 11) is 0. The van der Waals surface area contributed by atoms with Gasteiger partial charge in [0.2, 0.25) is 0 Å². The van der Waals surface area contributed by atoms with Gasteiger partial charge in [0.25, 0.3) is 18.3 Å². The number of rotatable bonds is 6. The van der Waals surface area contributed by atoms with Gasteiger partial charge in [0, 0.05) is 12.1 Å². The van der Waals surface area contributed by atoms with Crippen LogP contribution in [0.25, 0.3) is 0 Å². The zero-order chi connectivity index (χ0) is 15.5. The molecule has 0 fully saturated rings. The highest BCUT2D eigenvalue weighted by Gasteiger charge is 2.47. The number of non-ortho nitro benzene ring substituents is 1. The first-order valence-electron chi connectivity index (χ1n) is 5.33. The summed E-state index contributed by atoms with van der Waals surface area (Å²) < 4.78 is 66.0. The lowest BCUT2D eigenvalue weighted by molar-refractivity contribution is -0.385. The van der Waals surface area contributed by atoms with Gasteiger partial charge < -0.3 is 4.74 Å². The minimum atomic E-state index is -4.68. The highest BCUT2D eigenvalue weighted by Crippen LogP contribution is 2.29. The van der Waals surface area contributed by atoms with E-state index in [0.29, 0.717) is 5.56 Å². The van der Waals surface area contributed by atoms with Crippen LogP contribution in [0.1, 0.15) is 11.1 Å². The van der Waals surface area contributed by atoms with Crippen LogP contribution < -0.4 is 0 Å². The number of nitrogens with zero attached hydrogens (tertiary/aromatic N) is 1. The predicted molar refractivity (Wildman–Crippen MR) is 58.5 cm³/mol. The lowest BCUT2D eigenvalue weighted by atomic mass is 10.1. The SMILES string of the molecule is Cc1ccc([N+](=O)[O-])cc1COC(F)(F)C(F)C(F)F. The standard InChI is InChI=1S/C11H10F5NO3/c1-6-2-3-8(17(18)19)4-7(6)5-20-11(15,16)9(12)10(13)14/h2-4,9-10H,5H2,1H3. The average Bonchev–Trinajstić information content (AvgIpc) is 2.36. The van der Waals surface area contributed by atoms with E-state index in [0.717, 1.165) is 12.1 Å². The Morgan fingerprint density at radius 1 is 1.35 bits per heavy atom. The molecule has 1 unspecified atom stereocenters. The van der Waals surface area contributed by atoms with Crippen molar-refractivity contribution in [2.75, 3.05) is 0 Å². The highest BCUT2D eigenvalue weighted by molar-refractivity contribution is 5.38. The van der Waals surface area contributed by atoms with Gasteiger partial charge in [-0.05, 0) is 18.1 Å². The van der Waals surface area contributed by atoms with Gasteiger partial charge in [-0.3, -0.25) is 10.1 Å². The Hall–Kier alpha value is -1.77. The molecule has 0 amide bonds. The van der Waals surface area contributed by atoms with Crippen LogP contribution in [-0.4, -0.2) is 23.6 Å². The summed E-state index contributed by atoms with van der Waals surface area (Å²) in [5.41, 5.74) is -0.0117. The molecule has 0 N–H and O–H groups in total. The first-order chi connectivity index (χ1) is 9.15. The summed E-state index contributed by atoms with van der Waals surface area (Å²) >= 11 is 0. The molecular weight excluding hydrogens is 289 g/mol. The smallest absolute Gasteiger partial charge is 0.313 e. The molecule has 20 heavy (non-hydrogen) atoms. The van der Waals surface area contributed by atoms with Crippen LogP contribution in [0.4, 0.5) is 27.6 Å². The van der Waals surface area contributed by atoms with Gasteiger partial charge >= 0.3 is 6.11 Å². The van der Waals surface area contributed by atoms with Crippen LogP contribution in [0.3, 0.4) is 0 Å². The van der Waals surface area contributed by atoms with Crippen molar-refractivity contribution < 1.29 is 31.6 Å². The number of alkyl halides is 5. The van der Waals surface area contributed by atoms with E-state index in [4.69, 9.17) is 0 Å². The molecule has 112 valence electrons. The molecule has 0 radical (unpaired) electrons. The van der Waals surface area contributed by atoms with Crippen molar-refractivity contribution in [1.29, 1.82) is 0 Å². The Labute approximate surface area is 110 Å². The van der Waals surface area contributed by atoms with Gasteiger partial charge in [-0.15, -0.1) is 0 Å². The van der Waals surface area contributed by atoms with E-state index in [2.05, 4.69) is 4.74 Å². The third kappa shape index (κ3) is 3.86. The largest absolute Gasteiger partial charge is 0.392 e. The quantitative estimate of drug-likeness (QED) is 0.458. The summed E-state index contributed by atoms with van der Waals surface area (Å²) in [6, 6.07) is 3.39. The average molecular weight is 299 g/mol. The van der Waals surface area contributed by atoms with Crippen molar-refractivity contribution in [1.82, 2.24) is 0 Å². The third-order valence-corrected chi connectivity index (χ3v) is 2.51. The molecule has 0 saturated carbocycles. The van der Waals surface area contributed by atoms with E-state index in [-0.39, 0.29) is 11.3 Å². The maximum Gasteiger partial charge on any atom is 0.392 e. The molecule has 1 atom stereocenters. The second-order valence-electron chi connectivity index (χ2n) is 3.95. The third-order valence-electron chi connectivity index (χ3n) is 2.51. The molecule has 4 nitrogen and oxygen atoms in total. The normalized spacial score (nSPS) is 13.6. The Morgan fingerprint density at radius 3 is 2.45 bits per heavy atom. The molecule has 0 aromatic heterocycles. The number of benzene rings is 1.